The van der Waals surface area contributed by atoms with Crippen molar-refractivity contribution in [1.29, 1.82) is 0 Å². The van der Waals surface area contributed by atoms with E-state index in [4.69, 9.17) is 5.73 Å². The average Bonchev–Trinajstić information content (AvgIpc) is 2.68. The van der Waals surface area contributed by atoms with Crippen molar-refractivity contribution in [2.24, 2.45) is 11.7 Å². The van der Waals surface area contributed by atoms with Crippen LogP contribution in [0.2, 0.25) is 0 Å². The topological polar surface area (TPSA) is 90.0 Å². The monoisotopic (exact) mass is 237 g/mol. The number of hydrogen-bond acceptors (Lipinski definition) is 3. The number of carbonyl (C=O) groups is 2. The third-order valence-electron chi connectivity index (χ3n) is 2.19. The molecule has 93 valence electrons. The van der Waals surface area contributed by atoms with Crippen molar-refractivity contribution in [1.82, 2.24) is 14.9 Å². The van der Waals surface area contributed by atoms with Gasteiger partial charge in [0.2, 0.25) is 11.8 Å². The van der Waals surface area contributed by atoms with Gasteiger partial charge in [0.15, 0.2) is 0 Å². The standard InChI is InChI=1S/C11H17N4O2/c1-9(6-10(12)16)7-11(17)14-3-5-15-4-2-13-8-15/h2,4,7-9H,3,5-6H2,1H3,(H2,12,16)(H,14,17)/t9-/m1/s1. The van der Waals surface area contributed by atoms with Gasteiger partial charge in [-0.25, -0.2) is 4.98 Å². The van der Waals surface area contributed by atoms with Crippen molar-refractivity contribution in [3.8, 4) is 0 Å². The van der Waals surface area contributed by atoms with Gasteiger partial charge in [0.1, 0.15) is 0 Å². The SMILES string of the molecule is C[C@@H]([CH]C(=O)NCCn1ccnc1)CC(N)=O. The highest BCUT2D eigenvalue weighted by Crippen LogP contribution is 2.04. The van der Waals surface area contributed by atoms with E-state index in [1.807, 2.05) is 10.8 Å². The zero-order chi connectivity index (χ0) is 12.7. The smallest absolute Gasteiger partial charge is 0.224 e. The number of nitrogens with two attached hydrogens (primary N) is 1. The molecule has 0 saturated heterocycles. The number of nitrogens with zero attached hydrogens (tertiary/aromatic N) is 2. The Kier molecular flexibility index (Phi) is 5.19. The number of hydrogen-bond donors (Lipinski definition) is 2. The summed E-state index contributed by atoms with van der Waals surface area (Å²) in [5, 5.41) is 2.73. The molecule has 0 aliphatic carbocycles. The van der Waals surface area contributed by atoms with E-state index in [0.29, 0.717) is 13.1 Å². The average molecular weight is 237 g/mol. The Labute approximate surface area is 100 Å². The van der Waals surface area contributed by atoms with Gasteiger partial charge >= 0.3 is 0 Å². The number of imidazole rings is 1. The van der Waals surface area contributed by atoms with Crippen LogP contribution in [0.25, 0.3) is 0 Å². The van der Waals surface area contributed by atoms with Gasteiger partial charge in [0, 0.05) is 31.9 Å². The second-order valence-corrected chi connectivity index (χ2v) is 3.91. The second kappa shape index (κ2) is 6.67. The van der Waals surface area contributed by atoms with Crippen LogP contribution in [0.15, 0.2) is 18.7 Å². The predicted molar refractivity (Wildman–Crippen MR) is 62.5 cm³/mol. The van der Waals surface area contributed by atoms with E-state index in [1.54, 1.807) is 19.4 Å². The maximum Gasteiger partial charge on any atom is 0.224 e. The summed E-state index contributed by atoms with van der Waals surface area (Å²) in [5.74, 6) is -0.723. The molecule has 1 aromatic rings. The van der Waals surface area contributed by atoms with Crippen LogP contribution in [0.3, 0.4) is 0 Å². The molecular weight excluding hydrogens is 220 g/mol. The molecule has 1 heterocycles. The Morgan fingerprint density at radius 3 is 2.94 bits per heavy atom. The minimum atomic E-state index is -0.403. The third kappa shape index (κ3) is 5.70. The molecule has 0 bridgehead atoms. The molecule has 3 N–H and O–H groups in total. The van der Waals surface area contributed by atoms with E-state index in [-0.39, 0.29) is 18.2 Å². The minimum Gasteiger partial charge on any atom is -0.370 e. The molecule has 1 aromatic heterocycles. The summed E-state index contributed by atoms with van der Waals surface area (Å²) in [5.41, 5.74) is 5.03. The van der Waals surface area contributed by atoms with Crippen molar-refractivity contribution in [2.45, 2.75) is 19.9 Å². The van der Waals surface area contributed by atoms with Crippen LogP contribution in [-0.4, -0.2) is 27.9 Å². The first kappa shape index (κ1) is 13.2. The van der Waals surface area contributed by atoms with Crippen LogP contribution in [0.4, 0.5) is 0 Å². The lowest BCUT2D eigenvalue weighted by Crippen LogP contribution is -2.29. The molecule has 0 fully saturated rings. The van der Waals surface area contributed by atoms with Crippen molar-refractivity contribution >= 4 is 11.8 Å². The normalized spacial score (nSPS) is 12.1. The first-order valence-electron chi connectivity index (χ1n) is 5.44. The predicted octanol–water partition coefficient (Wildman–Crippen LogP) is -0.285. The van der Waals surface area contributed by atoms with Crippen molar-refractivity contribution in [3.05, 3.63) is 25.1 Å². The molecule has 1 atom stereocenters. The number of carbonyl (C=O) groups excluding carboxylic acids is 2. The van der Waals surface area contributed by atoms with E-state index < -0.39 is 5.91 Å². The molecule has 0 aliphatic heterocycles. The van der Waals surface area contributed by atoms with Crippen molar-refractivity contribution < 1.29 is 9.59 Å². The number of amides is 2. The summed E-state index contributed by atoms with van der Waals surface area (Å²) < 4.78 is 1.87. The van der Waals surface area contributed by atoms with Crippen molar-refractivity contribution in [3.63, 3.8) is 0 Å². The van der Waals surface area contributed by atoms with Gasteiger partial charge < -0.3 is 15.6 Å². The summed E-state index contributed by atoms with van der Waals surface area (Å²) in [4.78, 5) is 25.9. The maximum absolute atomic E-state index is 11.4. The van der Waals surface area contributed by atoms with Crippen LogP contribution in [0.1, 0.15) is 13.3 Å². The molecular formula is C11H17N4O2. The van der Waals surface area contributed by atoms with Gasteiger partial charge in [-0.1, -0.05) is 6.92 Å². The Morgan fingerprint density at radius 2 is 2.35 bits per heavy atom. The lowest BCUT2D eigenvalue weighted by Gasteiger charge is -2.09. The lowest BCUT2D eigenvalue weighted by atomic mass is 10.0. The first-order valence-corrected chi connectivity index (χ1v) is 5.44. The molecule has 2 amide bonds. The zero-order valence-electron chi connectivity index (χ0n) is 9.80. The van der Waals surface area contributed by atoms with E-state index in [2.05, 4.69) is 10.3 Å². The number of nitrogens with one attached hydrogen (secondary N) is 1. The van der Waals surface area contributed by atoms with Crippen LogP contribution >= 0.6 is 0 Å². The molecule has 1 radical (unpaired) electrons. The molecule has 17 heavy (non-hydrogen) atoms. The van der Waals surface area contributed by atoms with Crippen LogP contribution in [-0.2, 0) is 16.1 Å². The van der Waals surface area contributed by atoms with E-state index >= 15 is 0 Å². The lowest BCUT2D eigenvalue weighted by molar-refractivity contribution is -0.119. The summed E-state index contributed by atoms with van der Waals surface area (Å²) in [6, 6.07) is 0. The summed E-state index contributed by atoms with van der Waals surface area (Å²) in [6.45, 7) is 2.97. The van der Waals surface area contributed by atoms with Crippen molar-refractivity contribution in [2.75, 3.05) is 6.54 Å². The van der Waals surface area contributed by atoms with Gasteiger partial charge in [0.25, 0.3) is 0 Å². The van der Waals surface area contributed by atoms with E-state index in [0.717, 1.165) is 0 Å². The summed E-state index contributed by atoms with van der Waals surface area (Å²) in [7, 11) is 0. The second-order valence-electron chi connectivity index (χ2n) is 3.91. The molecule has 0 spiro atoms. The summed E-state index contributed by atoms with van der Waals surface area (Å²) >= 11 is 0. The quantitative estimate of drug-likeness (QED) is 0.683. The maximum atomic E-state index is 11.4. The molecule has 6 heteroatoms. The number of rotatable bonds is 7. The molecule has 1 rings (SSSR count). The fourth-order valence-corrected chi connectivity index (χ4v) is 1.42. The molecule has 0 aliphatic rings. The van der Waals surface area contributed by atoms with Gasteiger partial charge in [-0.15, -0.1) is 0 Å². The highest BCUT2D eigenvalue weighted by Gasteiger charge is 2.11. The first-order chi connectivity index (χ1) is 8.08. The van der Waals surface area contributed by atoms with Crippen LogP contribution in [0, 0.1) is 12.3 Å². The Morgan fingerprint density at radius 1 is 1.59 bits per heavy atom. The Hall–Kier alpha value is -1.85. The highest BCUT2D eigenvalue weighted by atomic mass is 16.2. The van der Waals surface area contributed by atoms with E-state index in [9.17, 15) is 9.59 Å². The van der Waals surface area contributed by atoms with Gasteiger partial charge in [-0.05, 0) is 5.92 Å². The van der Waals surface area contributed by atoms with E-state index in [1.165, 1.54) is 6.42 Å². The number of primary amides is 1. The highest BCUT2D eigenvalue weighted by molar-refractivity contribution is 5.86. The Balaban J connectivity index is 2.14. The van der Waals surface area contributed by atoms with Gasteiger partial charge in [-0.2, -0.15) is 0 Å². The minimum absolute atomic E-state index is 0.138. The largest absolute Gasteiger partial charge is 0.370 e. The molecule has 0 unspecified atom stereocenters. The Bertz CT molecular complexity index is 362. The number of aromatic nitrogens is 2. The molecule has 0 aromatic carbocycles. The molecule has 0 saturated carbocycles. The third-order valence-corrected chi connectivity index (χ3v) is 2.19. The molecule has 6 nitrogen and oxygen atoms in total. The fourth-order valence-electron chi connectivity index (χ4n) is 1.42. The van der Waals surface area contributed by atoms with Crippen LogP contribution < -0.4 is 11.1 Å². The van der Waals surface area contributed by atoms with Gasteiger partial charge in [0.05, 0.1) is 12.7 Å². The fraction of sp³-hybridized carbons (Fsp3) is 0.455. The zero-order valence-corrected chi connectivity index (χ0v) is 9.80. The van der Waals surface area contributed by atoms with Gasteiger partial charge in [-0.3, -0.25) is 9.59 Å². The summed E-state index contributed by atoms with van der Waals surface area (Å²) in [6.07, 6.45) is 6.85. The van der Waals surface area contributed by atoms with Crippen LogP contribution in [0.5, 0.6) is 0 Å².